The molecule has 0 fully saturated rings. The van der Waals surface area contributed by atoms with Gasteiger partial charge in [-0.3, -0.25) is 4.79 Å². The molecule has 0 bridgehead atoms. The van der Waals surface area contributed by atoms with Crippen LogP contribution in [0.4, 0.5) is 0 Å². The highest BCUT2D eigenvalue weighted by Crippen LogP contribution is 2.21. The lowest BCUT2D eigenvalue weighted by Gasteiger charge is -2.19. The van der Waals surface area contributed by atoms with Crippen LogP contribution in [0.2, 0.25) is 0 Å². The van der Waals surface area contributed by atoms with Gasteiger partial charge in [-0.05, 0) is 24.5 Å². The fourth-order valence-electron chi connectivity index (χ4n) is 1.68. The molecule has 1 aromatic carbocycles. The summed E-state index contributed by atoms with van der Waals surface area (Å²) >= 11 is 0. The molecule has 0 heterocycles. The maximum absolute atomic E-state index is 10.7. The van der Waals surface area contributed by atoms with E-state index in [0.717, 1.165) is 11.1 Å². The zero-order valence-corrected chi connectivity index (χ0v) is 10.2. The van der Waals surface area contributed by atoms with Crippen molar-refractivity contribution in [1.82, 2.24) is 5.32 Å². The molecule has 94 valence electrons. The third-order valence-corrected chi connectivity index (χ3v) is 2.69. The van der Waals surface area contributed by atoms with Crippen LogP contribution in [0.25, 0.3) is 0 Å². The highest BCUT2D eigenvalue weighted by Gasteiger charge is 2.19. The van der Waals surface area contributed by atoms with Gasteiger partial charge in [0.25, 0.3) is 0 Å². The Kier molecular flexibility index (Phi) is 5.12. The van der Waals surface area contributed by atoms with Crippen molar-refractivity contribution in [3.63, 3.8) is 0 Å². The van der Waals surface area contributed by atoms with Gasteiger partial charge in [-0.2, -0.15) is 0 Å². The summed E-state index contributed by atoms with van der Waals surface area (Å²) in [5, 5.41) is 22.4. The lowest BCUT2D eigenvalue weighted by Crippen LogP contribution is -2.27. The molecule has 0 aromatic heterocycles. The second-order valence-electron chi connectivity index (χ2n) is 4.14. The third kappa shape index (κ3) is 4.17. The van der Waals surface area contributed by atoms with E-state index in [1.165, 1.54) is 6.92 Å². The largest absolute Gasteiger partial charge is 0.390 e. The van der Waals surface area contributed by atoms with E-state index in [1.807, 2.05) is 25.1 Å². The number of benzene rings is 1. The fraction of sp³-hybridized carbons (Fsp3) is 0.462. The fourth-order valence-corrected chi connectivity index (χ4v) is 1.68. The molecule has 0 saturated heterocycles. The van der Waals surface area contributed by atoms with Gasteiger partial charge in [-0.15, -0.1) is 0 Å². The minimum Gasteiger partial charge on any atom is -0.390 e. The lowest BCUT2D eigenvalue weighted by atomic mass is 9.98. The summed E-state index contributed by atoms with van der Waals surface area (Å²) in [7, 11) is 0. The molecule has 1 rings (SSSR count). The van der Waals surface area contributed by atoms with Gasteiger partial charge < -0.3 is 15.5 Å². The number of hydrogen-bond donors (Lipinski definition) is 3. The molecule has 2 unspecified atom stereocenters. The van der Waals surface area contributed by atoms with Crippen LogP contribution in [0.3, 0.4) is 0 Å². The van der Waals surface area contributed by atoms with E-state index in [1.54, 1.807) is 6.07 Å². The van der Waals surface area contributed by atoms with Crippen molar-refractivity contribution >= 4 is 5.91 Å². The third-order valence-electron chi connectivity index (χ3n) is 2.69. The Hall–Kier alpha value is -1.39. The van der Waals surface area contributed by atoms with E-state index in [9.17, 15) is 15.0 Å². The number of hydrogen-bond acceptors (Lipinski definition) is 3. The second-order valence-corrected chi connectivity index (χ2v) is 4.14. The Morgan fingerprint density at radius 1 is 1.35 bits per heavy atom. The van der Waals surface area contributed by atoms with Crippen molar-refractivity contribution in [3.8, 4) is 0 Å². The molecule has 1 amide bonds. The number of aliphatic hydroxyl groups is 2. The van der Waals surface area contributed by atoms with E-state index >= 15 is 0 Å². The van der Waals surface area contributed by atoms with Crippen LogP contribution in [-0.2, 0) is 4.79 Å². The molecule has 0 spiro atoms. The van der Waals surface area contributed by atoms with Crippen molar-refractivity contribution in [2.75, 3.05) is 6.54 Å². The molecule has 0 aliphatic heterocycles. The Bertz CT molecular complexity index is 379. The van der Waals surface area contributed by atoms with Gasteiger partial charge in [0.1, 0.15) is 6.10 Å². The Balaban J connectivity index is 2.55. The number of nitrogens with one attached hydrogen (secondary N) is 1. The Morgan fingerprint density at radius 3 is 2.59 bits per heavy atom. The Morgan fingerprint density at radius 2 is 2.00 bits per heavy atom. The summed E-state index contributed by atoms with van der Waals surface area (Å²) in [6.45, 7) is 3.67. The van der Waals surface area contributed by atoms with Gasteiger partial charge in [0.2, 0.25) is 5.91 Å². The number of carbonyl (C=O) groups is 1. The normalized spacial score (nSPS) is 14.1. The molecule has 4 heteroatoms. The minimum absolute atomic E-state index is 0.136. The van der Waals surface area contributed by atoms with Crippen molar-refractivity contribution in [3.05, 3.63) is 35.4 Å². The second kappa shape index (κ2) is 6.37. The van der Waals surface area contributed by atoms with Gasteiger partial charge in [0.15, 0.2) is 0 Å². The van der Waals surface area contributed by atoms with Crippen LogP contribution in [-0.4, -0.2) is 28.8 Å². The first-order valence-corrected chi connectivity index (χ1v) is 5.68. The van der Waals surface area contributed by atoms with Crippen molar-refractivity contribution in [2.24, 2.45) is 0 Å². The van der Waals surface area contributed by atoms with Crippen LogP contribution >= 0.6 is 0 Å². The molecule has 2 atom stereocenters. The highest BCUT2D eigenvalue weighted by atomic mass is 16.3. The number of carbonyl (C=O) groups excluding carboxylic acids is 1. The smallest absolute Gasteiger partial charge is 0.216 e. The molecule has 0 saturated carbocycles. The summed E-state index contributed by atoms with van der Waals surface area (Å²) in [4.78, 5) is 10.7. The van der Waals surface area contributed by atoms with E-state index in [0.29, 0.717) is 13.0 Å². The van der Waals surface area contributed by atoms with Crippen LogP contribution in [0.5, 0.6) is 0 Å². The summed E-state index contributed by atoms with van der Waals surface area (Å²) < 4.78 is 0. The summed E-state index contributed by atoms with van der Waals surface area (Å²) in [6, 6.07) is 7.39. The first-order chi connectivity index (χ1) is 8.02. The molecular formula is C13H19NO3. The summed E-state index contributed by atoms with van der Waals surface area (Å²) in [6.07, 6.45) is -1.46. The maximum atomic E-state index is 10.7. The van der Waals surface area contributed by atoms with Crippen LogP contribution < -0.4 is 5.32 Å². The Labute approximate surface area is 101 Å². The standard InChI is InChI=1S/C13H19NO3/c1-9-5-3-4-6-11(9)13(17)12(16)7-8-14-10(2)15/h3-6,12-13,16-17H,7-8H2,1-2H3,(H,14,15). The number of aliphatic hydroxyl groups excluding tert-OH is 2. The number of aryl methyl sites for hydroxylation is 1. The molecule has 4 nitrogen and oxygen atoms in total. The van der Waals surface area contributed by atoms with Gasteiger partial charge in [0.05, 0.1) is 6.10 Å². The van der Waals surface area contributed by atoms with E-state index in [-0.39, 0.29) is 5.91 Å². The number of amides is 1. The number of rotatable bonds is 5. The lowest BCUT2D eigenvalue weighted by molar-refractivity contribution is -0.119. The molecule has 0 aliphatic carbocycles. The first kappa shape index (κ1) is 13.7. The van der Waals surface area contributed by atoms with Crippen LogP contribution in [0, 0.1) is 6.92 Å². The average Bonchev–Trinajstić information content (AvgIpc) is 2.28. The van der Waals surface area contributed by atoms with E-state index < -0.39 is 12.2 Å². The molecule has 3 N–H and O–H groups in total. The average molecular weight is 237 g/mol. The van der Waals surface area contributed by atoms with Gasteiger partial charge in [-0.1, -0.05) is 24.3 Å². The van der Waals surface area contributed by atoms with Crippen LogP contribution in [0.1, 0.15) is 30.6 Å². The molecular weight excluding hydrogens is 218 g/mol. The monoisotopic (exact) mass is 237 g/mol. The van der Waals surface area contributed by atoms with Gasteiger partial charge in [-0.25, -0.2) is 0 Å². The van der Waals surface area contributed by atoms with Gasteiger partial charge >= 0.3 is 0 Å². The predicted molar refractivity (Wildman–Crippen MR) is 65.4 cm³/mol. The SMILES string of the molecule is CC(=O)NCCC(O)C(O)c1ccccc1C. The quantitative estimate of drug-likeness (QED) is 0.713. The van der Waals surface area contributed by atoms with Crippen molar-refractivity contribution in [1.29, 1.82) is 0 Å². The van der Waals surface area contributed by atoms with Crippen LogP contribution in [0.15, 0.2) is 24.3 Å². The summed E-state index contributed by atoms with van der Waals surface area (Å²) in [5.74, 6) is -0.136. The highest BCUT2D eigenvalue weighted by molar-refractivity contribution is 5.72. The minimum atomic E-state index is -0.912. The summed E-state index contributed by atoms with van der Waals surface area (Å²) in [5.41, 5.74) is 1.67. The van der Waals surface area contributed by atoms with Gasteiger partial charge in [0, 0.05) is 13.5 Å². The van der Waals surface area contributed by atoms with Crippen molar-refractivity contribution < 1.29 is 15.0 Å². The molecule has 0 radical (unpaired) electrons. The van der Waals surface area contributed by atoms with E-state index in [2.05, 4.69) is 5.32 Å². The zero-order chi connectivity index (χ0) is 12.8. The zero-order valence-electron chi connectivity index (χ0n) is 10.2. The predicted octanol–water partition coefficient (Wildman–Crippen LogP) is 0.916. The van der Waals surface area contributed by atoms with Crippen molar-refractivity contribution in [2.45, 2.75) is 32.5 Å². The molecule has 17 heavy (non-hydrogen) atoms. The first-order valence-electron chi connectivity index (χ1n) is 5.68. The topological polar surface area (TPSA) is 69.6 Å². The molecule has 0 aliphatic rings. The maximum Gasteiger partial charge on any atom is 0.216 e. The molecule has 1 aromatic rings. The van der Waals surface area contributed by atoms with E-state index in [4.69, 9.17) is 0 Å².